The first kappa shape index (κ1) is 19.4. The fourth-order valence-electron chi connectivity index (χ4n) is 2.46. The van der Waals surface area contributed by atoms with Gasteiger partial charge in [0.15, 0.2) is 0 Å². The number of ether oxygens (including phenoxy) is 1. The third kappa shape index (κ3) is 4.33. The molecule has 2 heterocycles. The van der Waals surface area contributed by atoms with E-state index in [1.54, 1.807) is 34.7 Å². The second kappa shape index (κ2) is 7.36. The summed E-state index contributed by atoms with van der Waals surface area (Å²) in [7, 11) is 3.36. The number of aromatic nitrogens is 3. The number of hydrogen-bond donors (Lipinski definition) is 1. The molecule has 0 aliphatic carbocycles. The SMILES string of the molecule is COc1ccc(Cl)cc1NC(=O)CN(C)c1nn2cc(C(C)(C)C)nc2s1. The van der Waals surface area contributed by atoms with Crippen LogP contribution in [0.4, 0.5) is 10.8 Å². The van der Waals surface area contributed by atoms with E-state index in [0.717, 1.165) is 10.7 Å². The number of halogens is 1. The van der Waals surface area contributed by atoms with Gasteiger partial charge in [0, 0.05) is 17.5 Å². The Balaban J connectivity index is 1.70. The average molecular weight is 408 g/mol. The average Bonchev–Trinajstić information content (AvgIpc) is 3.13. The highest BCUT2D eigenvalue weighted by Gasteiger charge is 2.20. The maximum Gasteiger partial charge on any atom is 0.244 e. The molecule has 0 aliphatic rings. The van der Waals surface area contributed by atoms with Crippen LogP contribution in [-0.2, 0) is 10.2 Å². The van der Waals surface area contributed by atoms with E-state index in [1.165, 1.54) is 11.3 Å². The molecule has 0 aliphatic heterocycles. The smallest absolute Gasteiger partial charge is 0.244 e. The van der Waals surface area contributed by atoms with Gasteiger partial charge in [0.1, 0.15) is 5.75 Å². The molecule has 0 atom stereocenters. The molecule has 0 spiro atoms. The number of methoxy groups -OCH3 is 1. The summed E-state index contributed by atoms with van der Waals surface area (Å²) < 4.78 is 7.01. The first-order valence-electron chi connectivity index (χ1n) is 8.38. The van der Waals surface area contributed by atoms with Crippen LogP contribution in [0.2, 0.25) is 5.02 Å². The number of amides is 1. The van der Waals surface area contributed by atoms with Crippen LogP contribution in [0, 0.1) is 0 Å². The van der Waals surface area contributed by atoms with Gasteiger partial charge in [-0.1, -0.05) is 43.7 Å². The Morgan fingerprint density at radius 1 is 1.41 bits per heavy atom. The number of hydrogen-bond acceptors (Lipinski definition) is 6. The van der Waals surface area contributed by atoms with Crippen molar-refractivity contribution in [3.8, 4) is 5.75 Å². The van der Waals surface area contributed by atoms with E-state index in [9.17, 15) is 4.79 Å². The largest absolute Gasteiger partial charge is 0.495 e. The van der Waals surface area contributed by atoms with E-state index in [4.69, 9.17) is 16.3 Å². The number of carbonyl (C=O) groups excluding carboxylic acids is 1. The topological polar surface area (TPSA) is 71.8 Å². The van der Waals surface area contributed by atoms with Gasteiger partial charge in [-0.2, -0.15) is 0 Å². The standard InChI is InChI=1S/C18H22ClN5O2S/c1-18(2,3)14-9-24-16(21-14)27-17(22-24)23(4)10-15(25)20-12-8-11(19)6-7-13(12)26-5/h6-9H,10H2,1-5H3,(H,20,25). The highest BCUT2D eigenvalue weighted by atomic mass is 35.5. The van der Waals surface area contributed by atoms with Gasteiger partial charge in [-0.25, -0.2) is 9.50 Å². The second-order valence-corrected chi connectivity index (χ2v) is 8.61. The lowest BCUT2D eigenvalue weighted by Gasteiger charge is -2.16. The van der Waals surface area contributed by atoms with Crippen molar-refractivity contribution in [2.24, 2.45) is 0 Å². The van der Waals surface area contributed by atoms with Gasteiger partial charge >= 0.3 is 0 Å². The number of rotatable bonds is 5. The van der Waals surface area contributed by atoms with Crippen molar-refractivity contribution in [3.63, 3.8) is 0 Å². The first-order valence-corrected chi connectivity index (χ1v) is 9.58. The summed E-state index contributed by atoms with van der Waals surface area (Å²) >= 11 is 7.44. The molecule has 2 aromatic heterocycles. The maximum atomic E-state index is 12.4. The van der Waals surface area contributed by atoms with Gasteiger partial charge in [-0.05, 0) is 18.2 Å². The Bertz CT molecular complexity index is 944. The number of likely N-dealkylation sites (N-methyl/N-ethyl adjacent to an activating group) is 1. The number of anilines is 2. The van der Waals surface area contributed by atoms with Crippen molar-refractivity contribution in [1.82, 2.24) is 14.6 Å². The number of carbonyl (C=O) groups is 1. The minimum atomic E-state index is -0.193. The molecule has 0 saturated carbocycles. The zero-order valence-corrected chi connectivity index (χ0v) is 17.5. The minimum Gasteiger partial charge on any atom is -0.495 e. The second-order valence-electron chi connectivity index (χ2n) is 7.24. The maximum absolute atomic E-state index is 12.4. The van der Waals surface area contributed by atoms with Crippen molar-refractivity contribution >= 4 is 44.6 Å². The van der Waals surface area contributed by atoms with Crippen molar-refractivity contribution in [1.29, 1.82) is 0 Å². The van der Waals surface area contributed by atoms with Crippen molar-refractivity contribution in [2.75, 3.05) is 30.9 Å². The van der Waals surface area contributed by atoms with Gasteiger partial charge in [-0.3, -0.25) is 4.79 Å². The third-order valence-corrected chi connectivity index (χ3v) is 5.22. The van der Waals surface area contributed by atoms with Gasteiger partial charge in [0.25, 0.3) is 0 Å². The molecule has 9 heteroatoms. The Hall–Kier alpha value is -2.32. The fourth-order valence-corrected chi connectivity index (χ4v) is 3.47. The van der Waals surface area contributed by atoms with Crippen LogP contribution in [0.25, 0.3) is 4.96 Å². The van der Waals surface area contributed by atoms with Crippen LogP contribution >= 0.6 is 22.9 Å². The molecule has 0 radical (unpaired) electrons. The summed E-state index contributed by atoms with van der Waals surface area (Å²) in [5.41, 5.74) is 1.49. The van der Waals surface area contributed by atoms with Gasteiger partial charge < -0.3 is 15.0 Å². The molecule has 3 rings (SSSR count). The van der Waals surface area contributed by atoms with Crippen LogP contribution in [0.1, 0.15) is 26.5 Å². The Kier molecular flexibility index (Phi) is 5.30. The van der Waals surface area contributed by atoms with Crippen molar-refractivity contribution in [2.45, 2.75) is 26.2 Å². The van der Waals surface area contributed by atoms with Crippen LogP contribution < -0.4 is 15.0 Å². The predicted molar refractivity (Wildman–Crippen MR) is 109 cm³/mol. The molecule has 27 heavy (non-hydrogen) atoms. The molecular weight excluding hydrogens is 386 g/mol. The highest BCUT2D eigenvalue weighted by Crippen LogP contribution is 2.29. The monoisotopic (exact) mass is 407 g/mol. The summed E-state index contributed by atoms with van der Waals surface area (Å²) in [5, 5.41) is 8.59. The third-order valence-electron chi connectivity index (χ3n) is 3.94. The number of imidazole rings is 1. The number of benzene rings is 1. The molecule has 0 unspecified atom stereocenters. The summed E-state index contributed by atoms with van der Waals surface area (Å²) in [6.07, 6.45) is 1.93. The lowest BCUT2D eigenvalue weighted by Crippen LogP contribution is -2.30. The number of fused-ring (bicyclic) bond motifs is 1. The fraction of sp³-hybridized carbons (Fsp3) is 0.389. The summed E-state index contributed by atoms with van der Waals surface area (Å²) in [5.74, 6) is 0.360. The molecule has 3 aromatic rings. The molecule has 1 N–H and O–H groups in total. The molecule has 1 amide bonds. The molecule has 0 saturated heterocycles. The normalized spacial score (nSPS) is 11.6. The van der Waals surface area contributed by atoms with E-state index in [-0.39, 0.29) is 17.9 Å². The van der Waals surface area contributed by atoms with Gasteiger partial charge in [0.2, 0.25) is 16.0 Å². The molecule has 1 aromatic carbocycles. The molecule has 0 bridgehead atoms. The van der Waals surface area contributed by atoms with Crippen molar-refractivity contribution in [3.05, 3.63) is 35.1 Å². The lowest BCUT2D eigenvalue weighted by atomic mass is 9.93. The van der Waals surface area contributed by atoms with Crippen LogP contribution in [0.15, 0.2) is 24.4 Å². The van der Waals surface area contributed by atoms with E-state index in [1.807, 2.05) is 13.2 Å². The minimum absolute atomic E-state index is 0.0324. The zero-order chi connectivity index (χ0) is 19.8. The molecular formula is C18H22ClN5O2S. The summed E-state index contributed by atoms with van der Waals surface area (Å²) in [4.78, 5) is 19.6. The van der Waals surface area contributed by atoms with Crippen LogP contribution in [0.3, 0.4) is 0 Å². The Morgan fingerprint density at radius 2 is 2.15 bits per heavy atom. The highest BCUT2D eigenvalue weighted by molar-refractivity contribution is 7.20. The predicted octanol–water partition coefficient (Wildman–Crippen LogP) is 3.83. The van der Waals surface area contributed by atoms with E-state index in [0.29, 0.717) is 21.6 Å². The Morgan fingerprint density at radius 3 is 2.78 bits per heavy atom. The van der Waals surface area contributed by atoms with Crippen LogP contribution in [0.5, 0.6) is 5.75 Å². The molecule has 144 valence electrons. The van der Waals surface area contributed by atoms with Gasteiger partial charge in [-0.15, -0.1) is 5.10 Å². The lowest BCUT2D eigenvalue weighted by molar-refractivity contribution is -0.114. The van der Waals surface area contributed by atoms with E-state index >= 15 is 0 Å². The van der Waals surface area contributed by atoms with E-state index in [2.05, 4.69) is 36.2 Å². The van der Waals surface area contributed by atoms with E-state index < -0.39 is 0 Å². The summed E-state index contributed by atoms with van der Waals surface area (Å²) in [6, 6.07) is 5.08. The molecule has 7 nitrogen and oxygen atoms in total. The summed E-state index contributed by atoms with van der Waals surface area (Å²) in [6.45, 7) is 6.47. The molecule has 0 fully saturated rings. The van der Waals surface area contributed by atoms with Gasteiger partial charge in [0.05, 0.1) is 31.2 Å². The number of nitrogens with one attached hydrogen (secondary N) is 1. The Labute approximate surface area is 166 Å². The van der Waals surface area contributed by atoms with Crippen LogP contribution in [-0.4, -0.2) is 41.2 Å². The zero-order valence-electron chi connectivity index (χ0n) is 15.9. The van der Waals surface area contributed by atoms with Crippen molar-refractivity contribution < 1.29 is 9.53 Å². The quantitative estimate of drug-likeness (QED) is 0.696. The first-order chi connectivity index (χ1) is 12.7. The number of nitrogens with zero attached hydrogens (tertiary/aromatic N) is 4.